The predicted molar refractivity (Wildman–Crippen MR) is 142 cm³/mol. The summed E-state index contributed by atoms with van der Waals surface area (Å²) in [6, 6.07) is 9.95. The van der Waals surface area contributed by atoms with E-state index in [9.17, 15) is 18.6 Å². The average Bonchev–Trinajstić information content (AvgIpc) is 3.52. The number of carbonyl (C=O) groups excluding carboxylic acids is 3. The zero-order chi connectivity index (χ0) is 26.5. The molecule has 0 aromatic heterocycles. The number of nitrogens with zero attached hydrogens (tertiary/aromatic N) is 1. The van der Waals surface area contributed by atoms with Gasteiger partial charge < -0.3 is 20.1 Å². The van der Waals surface area contributed by atoms with E-state index >= 15 is 0 Å². The van der Waals surface area contributed by atoms with Crippen molar-refractivity contribution in [3.05, 3.63) is 47.5 Å². The first-order chi connectivity index (χ1) is 17.7. The Morgan fingerprint density at radius 2 is 1.76 bits per heavy atom. The van der Waals surface area contributed by atoms with Crippen LogP contribution in [0.1, 0.15) is 43.7 Å². The van der Waals surface area contributed by atoms with E-state index in [2.05, 4.69) is 10.6 Å². The van der Waals surface area contributed by atoms with Gasteiger partial charge in [0.05, 0.1) is 0 Å². The van der Waals surface area contributed by atoms with Crippen molar-refractivity contribution >= 4 is 39.9 Å². The molecular weight excluding hydrogens is 494 g/mol. The predicted octanol–water partition coefficient (Wildman–Crippen LogP) is 3.20. The lowest BCUT2D eigenvalue weighted by Gasteiger charge is -2.31. The van der Waals surface area contributed by atoms with Gasteiger partial charge in [0.25, 0.3) is 0 Å². The third-order valence-electron chi connectivity index (χ3n) is 6.59. The van der Waals surface area contributed by atoms with Crippen LogP contribution in [0.4, 0.5) is 11.4 Å². The molecule has 2 aromatic carbocycles. The molecule has 0 bridgehead atoms. The van der Waals surface area contributed by atoms with Gasteiger partial charge >= 0.3 is 0 Å². The number of hydrogen-bond donors (Lipinski definition) is 2. The molecule has 1 aliphatic carbocycles. The van der Waals surface area contributed by atoms with E-state index in [1.807, 2.05) is 32.0 Å². The van der Waals surface area contributed by atoms with Gasteiger partial charge in [0.15, 0.2) is 11.5 Å². The van der Waals surface area contributed by atoms with Crippen LogP contribution in [0, 0.1) is 13.8 Å². The first-order valence-corrected chi connectivity index (χ1v) is 13.9. The molecule has 2 aliphatic rings. The van der Waals surface area contributed by atoms with E-state index in [0.717, 1.165) is 36.8 Å². The minimum absolute atomic E-state index is 0.111. The van der Waals surface area contributed by atoms with Crippen LogP contribution in [0.3, 0.4) is 0 Å². The van der Waals surface area contributed by atoms with E-state index in [0.29, 0.717) is 22.9 Å². The van der Waals surface area contributed by atoms with Gasteiger partial charge in [0.1, 0.15) is 17.5 Å². The number of amides is 3. The van der Waals surface area contributed by atoms with Crippen molar-refractivity contribution < 1.29 is 28.1 Å². The highest BCUT2D eigenvalue weighted by molar-refractivity contribution is 7.86. The van der Waals surface area contributed by atoms with E-state index in [4.69, 9.17) is 9.47 Å². The molecule has 2 aromatic rings. The second kappa shape index (κ2) is 11.8. The van der Waals surface area contributed by atoms with E-state index < -0.39 is 28.7 Å². The molecule has 1 fully saturated rings. The maximum absolute atomic E-state index is 13.5. The fourth-order valence-electron chi connectivity index (χ4n) is 4.62. The van der Waals surface area contributed by atoms with Crippen molar-refractivity contribution in [2.24, 2.45) is 0 Å². The Kier molecular flexibility index (Phi) is 8.48. The molecule has 9 nitrogen and oxygen atoms in total. The lowest BCUT2D eigenvalue weighted by atomic mass is 10.1. The van der Waals surface area contributed by atoms with Crippen molar-refractivity contribution in [2.45, 2.75) is 58.5 Å². The van der Waals surface area contributed by atoms with Gasteiger partial charge in [-0.25, -0.2) is 0 Å². The largest absolute Gasteiger partial charge is 0.454 e. The number of hydrogen-bond acceptors (Lipinski definition) is 6. The third kappa shape index (κ3) is 6.68. The van der Waals surface area contributed by atoms with Crippen LogP contribution in [0.5, 0.6) is 11.5 Å². The van der Waals surface area contributed by atoms with Crippen LogP contribution >= 0.6 is 0 Å². The summed E-state index contributed by atoms with van der Waals surface area (Å²) < 4.78 is 23.4. The maximum atomic E-state index is 13.5. The molecule has 37 heavy (non-hydrogen) atoms. The molecule has 1 saturated carbocycles. The number of aryl methyl sites for hydroxylation is 2. The van der Waals surface area contributed by atoms with Crippen molar-refractivity contribution in [3.63, 3.8) is 0 Å². The zero-order valence-corrected chi connectivity index (χ0v) is 22.2. The van der Waals surface area contributed by atoms with Gasteiger partial charge in [0, 0.05) is 34.3 Å². The zero-order valence-electron chi connectivity index (χ0n) is 21.4. The number of ether oxygens (including phenoxy) is 2. The number of anilines is 2. The molecule has 4 rings (SSSR count). The Hall–Kier alpha value is -3.40. The van der Waals surface area contributed by atoms with Gasteiger partial charge in [-0.15, -0.1) is 0 Å². The molecule has 0 saturated heterocycles. The molecule has 1 heterocycles. The summed E-state index contributed by atoms with van der Waals surface area (Å²) in [5.74, 6) is -0.848. The summed E-state index contributed by atoms with van der Waals surface area (Å²) in [6.07, 6.45) is 4.01. The molecule has 3 amide bonds. The van der Waals surface area contributed by atoms with Gasteiger partial charge in [-0.2, -0.15) is 0 Å². The number of benzene rings is 2. The summed E-state index contributed by atoms with van der Waals surface area (Å²) in [4.78, 5) is 40.5. The summed E-state index contributed by atoms with van der Waals surface area (Å²) in [5.41, 5.74) is 2.84. The second-order valence-corrected chi connectivity index (χ2v) is 11.0. The highest BCUT2D eigenvalue weighted by Gasteiger charge is 2.31. The van der Waals surface area contributed by atoms with Crippen LogP contribution < -0.4 is 25.0 Å². The molecule has 2 atom stereocenters. The molecule has 10 heteroatoms. The Balaban J connectivity index is 1.43. The quantitative estimate of drug-likeness (QED) is 0.518. The molecule has 1 aliphatic heterocycles. The maximum Gasteiger partial charge on any atom is 0.243 e. The second-order valence-electron chi connectivity index (χ2n) is 9.56. The minimum atomic E-state index is -1.78. The van der Waals surface area contributed by atoms with Crippen molar-refractivity contribution in [3.8, 4) is 11.5 Å². The Morgan fingerprint density at radius 3 is 2.51 bits per heavy atom. The molecule has 2 N–H and O–H groups in total. The lowest BCUT2D eigenvalue weighted by molar-refractivity contribution is -0.125. The SMILES string of the molecule is Cc1ccc(C)c(N(C(=O)C[S@](=O)CC(=O)Nc2ccc3c(c2)OCO3)[C@H](C)C(=O)NC2CCCC2)c1. The Bertz CT molecular complexity index is 1210. The third-order valence-corrected chi connectivity index (χ3v) is 7.75. The van der Waals surface area contributed by atoms with Crippen LogP contribution in [0.2, 0.25) is 0 Å². The molecule has 0 radical (unpaired) electrons. The monoisotopic (exact) mass is 527 g/mol. The summed E-state index contributed by atoms with van der Waals surface area (Å²) in [6.45, 7) is 5.58. The van der Waals surface area contributed by atoms with E-state index in [1.165, 1.54) is 4.90 Å². The summed E-state index contributed by atoms with van der Waals surface area (Å²) in [7, 11) is -1.78. The lowest BCUT2D eigenvalue weighted by Crippen LogP contribution is -2.51. The number of fused-ring (bicyclic) bond motifs is 1. The van der Waals surface area contributed by atoms with Gasteiger partial charge in [0.2, 0.25) is 24.5 Å². The molecule has 198 valence electrons. The van der Waals surface area contributed by atoms with E-state index in [1.54, 1.807) is 25.1 Å². The van der Waals surface area contributed by atoms with Gasteiger partial charge in [-0.3, -0.25) is 23.5 Å². The van der Waals surface area contributed by atoms with Crippen LogP contribution in [-0.2, 0) is 25.2 Å². The highest BCUT2D eigenvalue weighted by atomic mass is 32.2. The first-order valence-electron chi connectivity index (χ1n) is 12.5. The topological polar surface area (TPSA) is 114 Å². The minimum Gasteiger partial charge on any atom is -0.454 e. The van der Waals surface area contributed by atoms with E-state index in [-0.39, 0.29) is 30.2 Å². The standard InChI is InChI=1S/C27H33N3O6S/c1-17-8-9-18(2)22(12-17)30(19(3)27(33)29-20-6-4-5-7-20)26(32)15-37(34)14-25(31)28-21-10-11-23-24(13-21)36-16-35-23/h8-13,19-20H,4-7,14-16H2,1-3H3,(H,28,31)(H,29,33)/t19-,37-/m1/s1. The van der Waals surface area contributed by atoms with Crippen LogP contribution in [0.15, 0.2) is 36.4 Å². The van der Waals surface area contributed by atoms with Crippen molar-refractivity contribution in [1.29, 1.82) is 0 Å². The van der Waals surface area contributed by atoms with Gasteiger partial charge in [-0.1, -0.05) is 25.0 Å². The van der Waals surface area contributed by atoms with Crippen molar-refractivity contribution in [2.75, 3.05) is 28.5 Å². The normalized spacial score (nSPS) is 16.2. The molecule has 0 unspecified atom stereocenters. The summed E-state index contributed by atoms with van der Waals surface area (Å²) >= 11 is 0. The van der Waals surface area contributed by atoms with Crippen molar-refractivity contribution in [1.82, 2.24) is 5.32 Å². The highest BCUT2D eigenvalue weighted by Crippen LogP contribution is 2.34. The number of carbonyl (C=O) groups is 3. The number of nitrogens with one attached hydrogen (secondary N) is 2. The summed E-state index contributed by atoms with van der Waals surface area (Å²) in [5, 5.41) is 5.73. The molecular formula is C27H33N3O6S. The average molecular weight is 528 g/mol. The fourth-order valence-corrected chi connectivity index (χ4v) is 5.50. The smallest absolute Gasteiger partial charge is 0.243 e. The first kappa shape index (κ1) is 26.7. The van der Waals surface area contributed by atoms with Crippen LogP contribution in [-0.4, -0.2) is 52.3 Å². The Morgan fingerprint density at radius 1 is 1.03 bits per heavy atom. The Labute approximate surface area is 219 Å². The van der Waals surface area contributed by atoms with Gasteiger partial charge in [-0.05, 0) is 62.9 Å². The fraction of sp³-hybridized carbons (Fsp3) is 0.444. The van der Waals surface area contributed by atoms with Crippen LogP contribution in [0.25, 0.3) is 0 Å². The molecule has 0 spiro atoms. The number of rotatable bonds is 9.